The van der Waals surface area contributed by atoms with Crippen LogP contribution in [0.4, 0.5) is 4.79 Å². The highest BCUT2D eigenvalue weighted by Crippen LogP contribution is 2.34. The lowest BCUT2D eigenvalue weighted by atomic mass is 9.91. The summed E-state index contributed by atoms with van der Waals surface area (Å²) in [6.45, 7) is 5.85. The number of rotatable bonds is 4. The standard InChI is InChI=1S/C12H23NO3S/c1-12(2,3)16-11(15)13(4)9-7-10(8-9)17-6-5-14/h9-10,14H,5-8H2,1-4H3. The number of ether oxygens (including phenoxy) is 1. The van der Waals surface area contributed by atoms with Crippen molar-refractivity contribution < 1.29 is 14.6 Å². The third-order valence-corrected chi connectivity index (χ3v) is 4.02. The zero-order valence-corrected chi connectivity index (χ0v) is 11.9. The van der Waals surface area contributed by atoms with E-state index in [-0.39, 0.29) is 12.7 Å². The van der Waals surface area contributed by atoms with Crippen LogP contribution >= 0.6 is 11.8 Å². The Bertz CT molecular complexity index is 259. The van der Waals surface area contributed by atoms with E-state index in [4.69, 9.17) is 9.84 Å². The number of amides is 1. The van der Waals surface area contributed by atoms with E-state index in [1.54, 1.807) is 23.7 Å². The maximum absolute atomic E-state index is 11.8. The lowest BCUT2D eigenvalue weighted by Gasteiger charge is -2.41. The molecule has 17 heavy (non-hydrogen) atoms. The number of carbonyl (C=O) groups excluding carboxylic acids is 1. The largest absolute Gasteiger partial charge is 0.444 e. The van der Waals surface area contributed by atoms with Crippen LogP contribution < -0.4 is 0 Å². The van der Waals surface area contributed by atoms with Crippen molar-refractivity contribution in [2.75, 3.05) is 19.4 Å². The molecular formula is C12H23NO3S. The van der Waals surface area contributed by atoms with Crippen molar-refractivity contribution in [1.29, 1.82) is 0 Å². The van der Waals surface area contributed by atoms with E-state index in [1.165, 1.54) is 0 Å². The lowest BCUT2D eigenvalue weighted by molar-refractivity contribution is 0.0152. The van der Waals surface area contributed by atoms with Gasteiger partial charge in [0, 0.05) is 24.1 Å². The fourth-order valence-corrected chi connectivity index (χ4v) is 2.85. The molecule has 0 saturated heterocycles. The van der Waals surface area contributed by atoms with Crippen molar-refractivity contribution in [3.8, 4) is 0 Å². The second-order valence-corrected chi connectivity index (χ2v) is 6.84. The van der Waals surface area contributed by atoms with E-state index in [0.29, 0.717) is 11.3 Å². The van der Waals surface area contributed by atoms with Crippen LogP contribution in [0.25, 0.3) is 0 Å². The Morgan fingerprint density at radius 1 is 1.47 bits per heavy atom. The minimum absolute atomic E-state index is 0.230. The average molecular weight is 261 g/mol. The maximum atomic E-state index is 11.8. The molecule has 1 aliphatic rings. The van der Waals surface area contributed by atoms with Gasteiger partial charge in [0.15, 0.2) is 0 Å². The molecule has 4 nitrogen and oxygen atoms in total. The van der Waals surface area contributed by atoms with Crippen LogP contribution in [0.1, 0.15) is 33.6 Å². The first-order valence-corrected chi connectivity index (χ1v) is 7.06. The first-order valence-electron chi connectivity index (χ1n) is 6.01. The van der Waals surface area contributed by atoms with Gasteiger partial charge in [0.1, 0.15) is 5.60 Å². The summed E-state index contributed by atoms with van der Waals surface area (Å²) in [5.74, 6) is 0.785. The summed E-state index contributed by atoms with van der Waals surface area (Å²) in [5, 5.41) is 9.30. The van der Waals surface area contributed by atoms with Crippen LogP contribution in [-0.2, 0) is 4.74 Å². The third-order valence-electron chi connectivity index (χ3n) is 2.74. The first-order chi connectivity index (χ1) is 7.83. The lowest BCUT2D eigenvalue weighted by Crippen LogP contribution is -2.48. The van der Waals surface area contributed by atoms with Crippen LogP contribution in [0.5, 0.6) is 0 Å². The van der Waals surface area contributed by atoms with Gasteiger partial charge in [0.25, 0.3) is 0 Å². The molecule has 0 spiro atoms. The van der Waals surface area contributed by atoms with Gasteiger partial charge in [-0.3, -0.25) is 0 Å². The molecule has 1 amide bonds. The smallest absolute Gasteiger partial charge is 0.410 e. The molecule has 0 aromatic carbocycles. The summed E-state index contributed by atoms with van der Waals surface area (Å²) in [6.07, 6.45) is 1.76. The number of nitrogens with zero attached hydrogens (tertiary/aromatic N) is 1. The predicted octanol–water partition coefficient (Wildman–Crippen LogP) is 2.11. The molecule has 0 unspecified atom stereocenters. The van der Waals surface area contributed by atoms with Gasteiger partial charge in [-0.15, -0.1) is 0 Å². The molecule has 1 rings (SSSR count). The SMILES string of the molecule is CN(C(=O)OC(C)(C)C)C1CC(SCCO)C1. The summed E-state index contributed by atoms with van der Waals surface area (Å²) < 4.78 is 5.31. The summed E-state index contributed by atoms with van der Waals surface area (Å²) in [7, 11) is 1.80. The molecule has 0 aliphatic heterocycles. The number of aliphatic hydroxyl groups is 1. The van der Waals surface area contributed by atoms with E-state index < -0.39 is 5.60 Å². The molecule has 1 N–H and O–H groups in total. The van der Waals surface area contributed by atoms with Gasteiger partial charge < -0.3 is 14.7 Å². The topological polar surface area (TPSA) is 49.8 Å². The second kappa shape index (κ2) is 5.96. The van der Waals surface area contributed by atoms with Crippen LogP contribution in [0, 0.1) is 0 Å². The van der Waals surface area contributed by atoms with Gasteiger partial charge in [0.05, 0.1) is 6.61 Å². The Morgan fingerprint density at radius 3 is 2.53 bits per heavy atom. The summed E-state index contributed by atoms with van der Waals surface area (Å²) in [5.41, 5.74) is -0.430. The molecule has 0 heterocycles. The van der Waals surface area contributed by atoms with Gasteiger partial charge in [-0.25, -0.2) is 4.79 Å². The number of carbonyl (C=O) groups is 1. The Kier molecular flexibility index (Phi) is 5.13. The van der Waals surface area contributed by atoms with Crippen molar-refractivity contribution in [3.05, 3.63) is 0 Å². The fraction of sp³-hybridized carbons (Fsp3) is 0.917. The van der Waals surface area contributed by atoms with Gasteiger partial charge in [0.2, 0.25) is 0 Å². The Balaban J connectivity index is 2.27. The predicted molar refractivity (Wildman–Crippen MR) is 70.4 cm³/mol. The van der Waals surface area contributed by atoms with Crippen molar-refractivity contribution in [3.63, 3.8) is 0 Å². The van der Waals surface area contributed by atoms with E-state index in [1.807, 2.05) is 20.8 Å². The van der Waals surface area contributed by atoms with Crippen molar-refractivity contribution >= 4 is 17.9 Å². The van der Waals surface area contributed by atoms with Crippen LogP contribution in [-0.4, -0.2) is 52.4 Å². The highest BCUT2D eigenvalue weighted by molar-refractivity contribution is 7.99. The van der Waals surface area contributed by atoms with Crippen LogP contribution in [0.3, 0.4) is 0 Å². The number of thioether (sulfide) groups is 1. The molecule has 0 bridgehead atoms. The highest BCUT2D eigenvalue weighted by atomic mass is 32.2. The zero-order chi connectivity index (χ0) is 13.1. The van der Waals surface area contributed by atoms with E-state index in [2.05, 4.69) is 0 Å². The van der Waals surface area contributed by atoms with Crippen molar-refractivity contribution in [2.45, 2.75) is 50.5 Å². The summed E-state index contributed by atoms with van der Waals surface area (Å²) in [4.78, 5) is 13.5. The van der Waals surface area contributed by atoms with E-state index in [9.17, 15) is 4.79 Å². The van der Waals surface area contributed by atoms with Gasteiger partial charge in [-0.1, -0.05) is 0 Å². The van der Waals surface area contributed by atoms with Gasteiger partial charge in [-0.2, -0.15) is 11.8 Å². The summed E-state index contributed by atoms with van der Waals surface area (Å²) in [6, 6.07) is 0.293. The number of aliphatic hydroxyl groups excluding tert-OH is 1. The highest BCUT2D eigenvalue weighted by Gasteiger charge is 2.35. The first kappa shape index (κ1) is 14.6. The fourth-order valence-electron chi connectivity index (χ4n) is 1.69. The maximum Gasteiger partial charge on any atom is 0.410 e. The molecule has 100 valence electrons. The molecule has 0 radical (unpaired) electrons. The Labute approximate surface area is 108 Å². The Hall–Kier alpha value is -0.420. The molecule has 0 atom stereocenters. The van der Waals surface area contributed by atoms with Crippen LogP contribution in [0.15, 0.2) is 0 Å². The summed E-state index contributed by atoms with van der Waals surface area (Å²) >= 11 is 1.78. The minimum atomic E-state index is -0.430. The minimum Gasteiger partial charge on any atom is -0.444 e. The van der Waals surface area contributed by atoms with Crippen molar-refractivity contribution in [1.82, 2.24) is 4.90 Å². The van der Waals surface area contributed by atoms with Crippen LogP contribution in [0.2, 0.25) is 0 Å². The number of hydrogen-bond acceptors (Lipinski definition) is 4. The third kappa shape index (κ3) is 4.76. The monoisotopic (exact) mass is 261 g/mol. The molecule has 1 saturated carbocycles. The normalized spacial score (nSPS) is 24.1. The molecule has 0 aromatic rings. The van der Waals surface area contributed by atoms with E-state index in [0.717, 1.165) is 18.6 Å². The van der Waals surface area contributed by atoms with Crippen molar-refractivity contribution in [2.24, 2.45) is 0 Å². The zero-order valence-electron chi connectivity index (χ0n) is 11.1. The molecule has 1 fully saturated rings. The van der Waals surface area contributed by atoms with Gasteiger partial charge >= 0.3 is 6.09 Å². The molecule has 1 aliphatic carbocycles. The van der Waals surface area contributed by atoms with Gasteiger partial charge in [-0.05, 0) is 33.6 Å². The quantitative estimate of drug-likeness (QED) is 0.842. The molecule has 5 heteroatoms. The molecular weight excluding hydrogens is 238 g/mol. The molecule has 0 aromatic heterocycles. The van der Waals surface area contributed by atoms with E-state index >= 15 is 0 Å². The number of hydrogen-bond donors (Lipinski definition) is 1. The Morgan fingerprint density at radius 2 is 2.06 bits per heavy atom. The second-order valence-electron chi connectivity index (χ2n) is 5.43. The average Bonchev–Trinajstić information content (AvgIpc) is 2.12.